The first kappa shape index (κ1) is 14.2. The third kappa shape index (κ3) is 5.80. The van der Waals surface area contributed by atoms with Crippen molar-refractivity contribution >= 4 is 11.9 Å². The van der Waals surface area contributed by atoms with Crippen molar-refractivity contribution < 1.29 is 19.1 Å². The van der Waals surface area contributed by atoms with Crippen LogP contribution in [-0.2, 0) is 19.1 Å². The minimum atomic E-state index is -0.619. The molecule has 0 saturated heterocycles. The van der Waals surface area contributed by atoms with Gasteiger partial charge in [0, 0.05) is 0 Å². The maximum absolute atomic E-state index is 11.3. The van der Waals surface area contributed by atoms with Gasteiger partial charge in [-0.1, -0.05) is 37.0 Å². The highest BCUT2D eigenvalue weighted by atomic mass is 16.5. The molecule has 0 amide bonds. The predicted octanol–water partition coefficient (Wildman–Crippen LogP) is 1.64. The van der Waals surface area contributed by atoms with Gasteiger partial charge in [-0.25, -0.2) is 0 Å². The van der Waals surface area contributed by atoms with E-state index in [1.807, 2.05) is 0 Å². The van der Waals surface area contributed by atoms with E-state index < -0.39 is 17.9 Å². The molecular weight excluding hydrogens is 208 g/mol. The van der Waals surface area contributed by atoms with Crippen molar-refractivity contribution in [1.82, 2.24) is 0 Å². The Morgan fingerprint density at radius 2 is 1.88 bits per heavy atom. The fourth-order valence-electron chi connectivity index (χ4n) is 0.985. The van der Waals surface area contributed by atoms with Crippen LogP contribution in [0.5, 0.6) is 0 Å². The van der Waals surface area contributed by atoms with Gasteiger partial charge in [-0.3, -0.25) is 9.59 Å². The van der Waals surface area contributed by atoms with Crippen LogP contribution in [-0.4, -0.2) is 26.2 Å². The Morgan fingerprint density at radius 3 is 2.38 bits per heavy atom. The van der Waals surface area contributed by atoms with Crippen molar-refractivity contribution in [2.45, 2.75) is 6.42 Å². The molecule has 0 aliphatic carbocycles. The molecule has 0 bridgehead atoms. The van der Waals surface area contributed by atoms with E-state index in [2.05, 4.69) is 16.1 Å². The monoisotopic (exact) mass is 224 g/mol. The zero-order valence-corrected chi connectivity index (χ0v) is 9.51. The SMILES string of the molecule is C=C/C=C\C=C\C(CC(=O)OC)C(=O)OC. The van der Waals surface area contributed by atoms with Crippen LogP contribution in [0.4, 0.5) is 0 Å². The van der Waals surface area contributed by atoms with E-state index in [0.717, 1.165) is 0 Å². The lowest BCUT2D eigenvalue weighted by molar-refractivity contribution is -0.150. The molecule has 0 aliphatic heterocycles. The number of carbonyl (C=O) groups excluding carboxylic acids is 2. The number of carbonyl (C=O) groups is 2. The zero-order valence-electron chi connectivity index (χ0n) is 9.51. The fraction of sp³-hybridized carbons (Fsp3) is 0.333. The summed E-state index contributed by atoms with van der Waals surface area (Å²) in [6.45, 7) is 3.50. The van der Waals surface area contributed by atoms with E-state index in [9.17, 15) is 9.59 Å². The molecule has 0 aliphatic rings. The van der Waals surface area contributed by atoms with Gasteiger partial charge in [-0.2, -0.15) is 0 Å². The van der Waals surface area contributed by atoms with Gasteiger partial charge in [0.1, 0.15) is 0 Å². The van der Waals surface area contributed by atoms with Crippen molar-refractivity contribution in [2.75, 3.05) is 14.2 Å². The van der Waals surface area contributed by atoms with E-state index in [1.54, 1.807) is 30.4 Å². The van der Waals surface area contributed by atoms with Crippen LogP contribution >= 0.6 is 0 Å². The number of hydrogen-bond donors (Lipinski definition) is 0. The van der Waals surface area contributed by atoms with Crippen LogP contribution in [0.3, 0.4) is 0 Å². The lowest BCUT2D eigenvalue weighted by atomic mass is 10.1. The molecule has 0 fully saturated rings. The van der Waals surface area contributed by atoms with Gasteiger partial charge in [0.25, 0.3) is 0 Å². The average Bonchev–Trinajstić information content (AvgIpc) is 2.31. The van der Waals surface area contributed by atoms with Crippen molar-refractivity contribution in [1.29, 1.82) is 0 Å². The highest BCUT2D eigenvalue weighted by Crippen LogP contribution is 2.08. The Bertz CT molecular complexity index is 302. The Balaban J connectivity index is 4.48. The Labute approximate surface area is 95.2 Å². The molecule has 0 aromatic rings. The molecule has 4 nitrogen and oxygen atoms in total. The van der Waals surface area contributed by atoms with E-state index in [0.29, 0.717) is 0 Å². The normalized spacial score (nSPS) is 12.6. The minimum absolute atomic E-state index is 0.0262. The Morgan fingerprint density at radius 1 is 1.19 bits per heavy atom. The first-order valence-electron chi connectivity index (χ1n) is 4.76. The molecule has 0 saturated carbocycles. The summed E-state index contributed by atoms with van der Waals surface area (Å²) in [6, 6.07) is 0. The standard InChI is InChI=1S/C12H16O4/c1-4-5-6-7-8-10(12(14)16-3)9-11(13)15-2/h4-8,10H,1,9H2,2-3H3/b6-5-,8-7+. The van der Waals surface area contributed by atoms with Crippen molar-refractivity contribution in [3.8, 4) is 0 Å². The summed E-state index contributed by atoms with van der Waals surface area (Å²) >= 11 is 0. The predicted molar refractivity (Wildman–Crippen MR) is 60.6 cm³/mol. The first-order chi connectivity index (χ1) is 7.65. The fourth-order valence-corrected chi connectivity index (χ4v) is 0.985. The summed E-state index contributed by atoms with van der Waals surface area (Å²) < 4.78 is 9.06. The van der Waals surface area contributed by atoms with E-state index in [4.69, 9.17) is 0 Å². The quantitative estimate of drug-likeness (QED) is 0.508. The number of rotatable bonds is 6. The molecule has 0 aromatic carbocycles. The number of allylic oxidation sites excluding steroid dienone is 4. The minimum Gasteiger partial charge on any atom is -0.469 e. The third-order valence-corrected chi connectivity index (χ3v) is 1.82. The smallest absolute Gasteiger partial charge is 0.313 e. The average molecular weight is 224 g/mol. The van der Waals surface area contributed by atoms with Crippen LogP contribution in [0.2, 0.25) is 0 Å². The van der Waals surface area contributed by atoms with Crippen molar-refractivity contribution in [3.63, 3.8) is 0 Å². The van der Waals surface area contributed by atoms with Gasteiger partial charge in [-0.15, -0.1) is 0 Å². The molecule has 0 spiro atoms. The molecule has 0 aromatic heterocycles. The lowest BCUT2D eigenvalue weighted by Crippen LogP contribution is -2.18. The summed E-state index contributed by atoms with van der Waals surface area (Å²) in [4.78, 5) is 22.3. The summed E-state index contributed by atoms with van der Waals surface area (Å²) in [5, 5.41) is 0. The largest absolute Gasteiger partial charge is 0.469 e. The molecule has 1 unspecified atom stereocenters. The summed E-state index contributed by atoms with van der Waals surface area (Å²) in [5.41, 5.74) is 0. The molecular formula is C12H16O4. The molecule has 16 heavy (non-hydrogen) atoms. The van der Waals surface area contributed by atoms with Crippen LogP contribution in [0.1, 0.15) is 6.42 Å². The van der Waals surface area contributed by atoms with Crippen LogP contribution in [0, 0.1) is 5.92 Å². The summed E-state index contributed by atoms with van der Waals surface area (Å²) in [5.74, 6) is -1.53. The van der Waals surface area contributed by atoms with Gasteiger partial charge in [0.05, 0.1) is 26.6 Å². The second-order valence-corrected chi connectivity index (χ2v) is 2.92. The van der Waals surface area contributed by atoms with Crippen LogP contribution < -0.4 is 0 Å². The van der Waals surface area contributed by atoms with E-state index in [-0.39, 0.29) is 6.42 Å². The topological polar surface area (TPSA) is 52.6 Å². The highest BCUT2D eigenvalue weighted by Gasteiger charge is 2.19. The van der Waals surface area contributed by atoms with Gasteiger partial charge >= 0.3 is 11.9 Å². The number of ether oxygens (including phenoxy) is 2. The Kier molecular flexibility index (Phi) is 7.49. The molecule has 0 rings (SSSR count). The second kappa shape index (κ2) is 8.47. The number of hydrogen-bond acceptors (Lipinski definition) is 4. The van der Waals surface area contributed by atoms with E-state index >= 15 is 0 Å². The molecule has 88 valence electrons. The van der Waals surface area contributed by atoms with Crippen molar-refractivity contribution in [2.24, 2.45) is 5.92 Å². The van der Waals surface area contributed by atoms with Crippen molar-refractivity contribution in [3.05, 3.63) is 37.0 Å². The molecule has 0 heterocycles. The van der Waals surface area contributed by atoms with Gasteiger partial charge < -0.3 is 9.47 Å². The van der Waals surface area contributed by atoms with Crippen LogP contribution in [0.15, 0.2) is 37.0 Å². The number of methoxy groups -OCH3 is 2. The highest BCUT2D eigenvalue weighted by molar-refractivity contribution is 5.81. The Hall–Kier alpha value is -1.84. The molecule has 0 N–H and O–H groups in total. The van der Waals surface area contributed by atoms with E-state index in [1.165, 1.54) is 14.2 Å². The number of esters is 2. The lowest BCUT2D eigenvalue weighted by Gasteiger charge is -2.08. The summed E-state index contributed by atoms with van der Waals surface area (Å²) in [7, 11) is 2.55. The van der Waals surface area contributed by atoms with Crippen LogP contribution in [0.25, 0.3) is 0 Å². The molecule has 1 atom stereocenters. The second-order valence-electron chi connectivity index (χ2n) is 2.92. The van der Waals surface area contributed by atoms with Gasteiger partial charge in [0.15, 0.2) is 0 Å². The first-order valence-corrected chi connectivity index (χ1v) is 4.76. The molecule has 4 heteroatoms. The third-order valence-electron chi connectivity index (χ3n) is 1.82. The summed E-state index contributed by atoms with van der Waals surface area (Å²) in [6.07, 6.45) is 8.25. The maximum atomic E-state index is 11.3. The van der Waals surface area contributed by atoms with Gasteiger partial charge in [0.2, 0.25) is 0 Å². The van der Waals surface area contributed by atoms with Gasteiger partial charge in [-0.05, 0) is 0 Å². The zero-order chi connectivity index (χ0) is 12.4. The maximum Gasteiger partial charge on any atom is 0.313 e. The molecule has 0 radical (unpaired) electrons.